The van der Waals surface area contributed by atoms with Crippen molar-refractivity contribution in [1.82, 2.24) is 0 Å². The van der Waals surface area contributed by atoms with Crippen molar-refractivity contribution in [3.63, 3.8) is 0 Å². The van der Waals surface area contributed by atoms with E-state index >= 15 is 0 Å². The lowest BCUT2D eigenvalue weighted by Gasteiger charge is -2.21. The molecule has 0 aliphatic rings. The van der Waals surface area contributed by atoms with Crippen LogP contribution in [0.15, 0.2) is 53.0 Å². The van der Waals surface area contributed by atoms with Gasteiger partial charge in [0.05, 0.1) is 0 Å². The monoisotopic (exact) mass is 331 g/mol. The summed E-state index contributed by atoms with van der Waals surface area (Å²) in [6.07, 6.45) is 0. The van der Waals surface area contributed by atoms with E-state index in [1.165, 1.54) is 0 Å². The molecule has 0 aliphatic carbocycles. The van der Waals surface area contributed by atoms with Gasteiger partial charge < -0.3 is 4.90 Å². The molecule has 20 heavy (non-hydrogen) atoms. The number of rotatable bonds is 5. The summed E-state index contributed by atoms with van der Waals surface area (Å²) in [5.41, 5.74) is 2.59. The molecule has 0 heterocycles. The number of hydrogen-bond donors (Lipinski definition) is 0. The summed E-state index contributed by atoms with van der Waals surface area (Å²) in [6.45, 7) is 6.20. The van der Waals surface area contributed by atoms with Crippen LogP contribution in [0.2, 0.25) is 0 Å². The van der Waals surface area contributed by atoms with Gasteiger partial charge in [-0.3, -0.25) is 4.79 Å². The van der Waals surface area contributed by atoms with Crippen LogP contribution in [0.5, 0.6) is 0 Å². The summed E-state index contributed by atoms with van der Waals surface area (Å²) >= 11 is 3.38. The Balaban J connectivity index is 2.21. The molecule has 2 nitrogen and oxygen atoms in total. The van der Waals surface area contributed by atoms with E-state index in [1.54, 1.807) is 0 Å². The smallest absolute Gasteiger partial charge is 0.193 e. The van der Waals surface area contributed by atoms with Gasteiger partial charge in [-0.05, 0) is 62.4 Å². The van der Waals surface area contributed by atoms with Crippen LogP contribution in [-0.4, -0.2) is 18.9 Å². The Morgan fingerprint density at radius 2 is 1.35 bits per heavy atom. The molecule has 0 bridgehead atoms. The molecule has 0 amide bonds. The average molecular weight is 332 g/mol. The third-order valence-corrected chi connectivity index (χ3v) is 3.89. The van der Waals surface area contributed by atoms with Crippen LogP contribution in [-0.2, 0) is 0 Å². The van der Waals surface area contributed by atoms with E-state index in [0.717, 1.165) is 28.8 Å². The zero-order valence-electron chi connectivity index (χ0n) is 11.8. The van der Waals surface area contributed by atoms with Crippen molar-refractivity contribution in [2.24, 2.45) is 0 Å². The van der Waals surface area contributed by atoms with E-state index < -0.39 is 0 Å². The molecule has 0 aromatic heterocycles. The van der Waals surface area contributed by atoms with Crippen molar-refractivity contribution in [3.8, 4) is 0 Å². The number of halogens is 1. The molecule has 0 unspecified atom stereocenters. The number of anilines is 1. The van der Waals surface area contributed by atoms with Crippen molar-refractivity contribution in [2.75, 3.05) is 18.0 Å². The van der Waals surface area contributed by atoms with Gasteiger partial charge in [-0.15, -0.1) is 0 Å². The fourth-order valence-corrected chi connectivity index (χ4v) is 2.44. The van der Waals surface area contributed by atoms with E-state index in [-0.39, 0.29) is 5.78 Å². The quantitative estimate of drug-likeness (QED) is 0.750. The Morgan fingerprint density at radius 3 is 1.80 bits per heavy atom. The molecule has 0 saturated carbocycles. The highest BCUT2D eigenvalue weighted by atomic mass is 79.9. The fourth-order valence-electron chi connectivity index (χ4n) is 2.18. The topological polar surface area (TPSA) is 20.3 Å². The van der Waals surface area contributed by atoms with E-state index in [9.17, 15) is 4.79 Å². The Kier molecular flexibility index (Phi) is 4.96. The maximum Gasteiger partial charge on any atom is 0.193 e. The predicted octanol–water partition coefficient (Wildman–Crippen LogP) is 4.53. The summed E-state index contributed by atoms with van der Waals surface area (Å²) in [5, 5.41) is 0. The lowest BCUT2D eigenvalue weighted by Crippen LogP contribution is -2.21. The van der Waals surface area contributed by atoms with Crippen molar-refractivity contribution in [2.45, 2.75) is 13.8 Å². The van der Waals surface area contributed by atoms with Gasteiger partial charge in [0.15, 0.2) is 5.78 Å². The molecule has 3 heteroatoms. The molecule has 0 atom stereocenters. The molecule has 2 aromatic rings. The van der Waals surface area contributed by atoms with Crippen molar-refractivity contribution in [3.05, 3.63) is 64.1 Å². The second kappa shape index (κ2) is 6.71. The molecule has 0 aliphatic heterocycles. The van der Waals surface area contributed by atoms with Gasteiger partial charge in [-0.1, -0.05) is 15.9 Å². The number of hydrogen-bond acceptors (Lipinski definition) is 2. The zero-order chi connectivity index (χ0) is 14.5. The van der Waals surface area contributed by atoms with Gasteiger partial charge in [0.2, 0.25) is 0 Å². The summed E-state index contributed by atoms with van der Waals surface area (Å²) in [5.74, 6) is 0.0589. The Morgan fingerprint density at radius 1 is 0.900 bits per heavy atom. The number of carbonyl (C=O) groups excluding carboxylic acids is 1. The van der Waals surface area contributed by atoms with Crippen LogP contribution in [0.3, 0.4) is 0 Å². The third kappa shape index (κ3) is 3.28. The summed E-state index contributed by atoms with van der Waals surface area (Å²) in [7, 11) is 0. The highest BCUT2D eigenvalue weighted by Gasteiger charge is 2.09. The molecule has 0 spiro atoms. The zero-order valence-corrected chi connectivity index (χ0v) is 13.4. The van der Waals surface area contributed by atoms with Crippen LogP contribution < -0.4 is 4.90 Å². The van der Waals surface area contributed by atoms with E-state index in [1.807, 2.05) is 48.5 Å². The first-order valence-electron chi connectivity index (χ1n) is 6.81. The second-order valence-corrected chi connectivity index (χ2v) is 5.47. The standard InChI is InChI=1S/C17H18BrNO/c1-3-19(4-2)16-11-7-14(8-12-16)17(20)13-5-9-15(18)10-6-13/h5-12H,3-4H2,1-2H3. The fraction of sp³-hybridized carbons (Fsp3) is 0.235. The average Bonchev–Trinajstić information content (AvgIpc) is 2.49. The normalized spacial score (nSPS) is 10.3. The SMILES string of the molecule is CCN(CC)c1ccc(C(=O)c2ccc(Br)cc2)cc1. The van der Waals surface area contributed by atoms with Crippen LogP contribution in [0, 0.1) is 0 Å². The Labute approximate surface area is 128 Å². The minimum absolute atomic E-state index is 0.0589. The van der Waals surface area contributed by atoms with Gasteiger partial charge in [-0.2, -0.15) is 0 Å². The lowest BCUT2D eigenvalue weighted by atomic mass is 10.0. The number of ketones is 1. The van der Waals surface area contributed by atoms with Gasteiger partial charge in [0.25, 0.3) is 0 Å². The molecular weight excluding hydrogens is 314 g/mol. The first kappa shape index (κ1) is 14.8. The summed E-state index contributed by atoms with van der Waals surface area (Å²) in [4.78, 5) is 14.6. The van der Waals surface area contributed by atoms with Gasteiger partial charge >= 0.3 is 0 Å². The van der Waals surface area contributed by atoms with Crippen LogP contribution in [0.4, 0.5) is 5.69 Å². The van der Waals surface area contributed by atoms with Gasteiger partial charge in [0, 0.05) is 34.4 Å². The third-order valence-electron chi connectivity index (χ3n) is 3.36. The predicted molar refractivity (Wildman–Crippen MR) is 87.6 cm³/mol. The first-order valence-corrected chi connectivity index (χ1v) is 7.60. The van der Waals surface area contributed by atoms with E-state index in [4.69, 9.17) is 0 Å². The number of benzene rings is 2. The van der Waals surface area contributed by atoms with E-state index in [0.29, 0.717) is 5.56 Å². The minimum atomic E-state index is 0.0589. The highest BCUT2D eigenvalue weighted by molar-refractivity contribution is 9.10. The Bertz CT molecular complexity index is 571. The van der Waals surface area contributed by atoms with Crippen molar-refractivity contribution in [1.29, 1.82) is 0 Å². The van der Waals surface area contributed by atoms with Crippen molar-refractivity contribution < 1.29 is 4.79 Å². The van der Waals surface area contributed by atoms with Gasteiger partial charge in [0.1, 0.15) is 0 Å². The van der Waals surface area contributed by atoms with Crippen LogP contribution >= 0.6 is 15.9 Å². The number of nitrogens with zero attached hydrogens (tertiary/aromatic N) is 1. The molecular formula is C17H18BrNO. The molecule has 0 N–H and O–H groups in total. The lowest BCUT2D eigenvalue weighted by molar-refractivity contribution is 0.103. The highest BCUT2D eigenvalue weighted by Crippen LogP contribution is 2.18. The largest absolute Gasteiger partial charge is 0.372 e. The summed E-state index contributed by atoms with van der Waals surface area (Å²) < 4.78 is 0.978. The molecule has 104 valence electrons. The maximum absolute atomic E-state index is 12.3. The molecule has 2 aromatic carbocycles. The molecule has 2 rings (SSSR count). The molecule has 0 fully saturated rings. The second-order valence-electron chi connectivity index (χ2n) is 4.56. The summed E-state index contributed by atoms with van der Waals surface area (Å²) in [6, 6.07) is 15.3. The van der Waals surface area contributed by atoms with E-state index in [2.05, 4.69) is 34.7 Å². The van der Waals surface area contributed by atoms with Crippen LogP contribution in [0.1, 0.15) is 29.8 Å². The molecule has 0 radical (unpaired) electrons. The Hall–Kier alpha value is -1.61. The maximum atomic E-state index is 12.3. The first-order chi connectivity index (χ1) is 9.65. The van der Waals surface area contributed by atoms with Crippen molar-refractivity contribution >= 4 is 27.4 Å². The molecule has 0 saturated heterocycles. The number of carbonyl (C=O) groups is 1. The minimum Gasteiger partial charge on any atom is -0.372 e. The van der Waals surface area contributed by atoms with Gasteiger partial charge in [-0.25, -0.2) is 0 Å². The van der Waals surface area contributed by atoms with Crippen LogP contribution in [0.25, 0.3) is 0 Å².